The Morgan fingerprint density at radius 1 is 0.127 bits per heavy atom. The van der Waals surface area contributed by atoms with Crippen molar-refractivity contribution in [3.05, 3.63) is 0 Å². The van der Waals surface area contributed by atoms with Crippen LogP contribution in [0.4, 0.5) is 0 Å². The first-order valence-corrected chi connectivity index (χ1v) is 60.2. The van der Waals surface area contributed by atoms with E-state index in [-0.39, 0.29) is 0 Å². The van der Waals surface area contributed by atoms with E-state index in [9.17, 15) is 0 Å². The van der Waals surface area contributed by atoms with Crippen molar-refractivity contribution in [3.63, 3.8) is 0 Å². The van der Waals surface area contributed by atoms with Gasteiger partial charge in [-0.2, -0.15) is 0 Å². The van der Waals surface area contributed by atoms with E-state index in [0.717, 1.165) is 0 Å². The van der Waals surface area contributed by atoms with E-state index >= 15 is 0 Å². The first-order valence-electron chi connectivity index (χ1n) is 20.1. The maximum atomic E-state index is 6.39. The molecule has 336 valence electrons. The number of hydrogen-bond donors (Lipinski definition) is 0. The molecule has 0 N–H and O–H groups in total. The highest BCUT2D eigenvalue weighted by Crippen LogP contribution is 2.27. The zero-order chi connectivity index (χ0) is 45.6. The van der Waals surface area contributed by atoms with Crippen LogP contribution < -0.4 is 0 Å². The molecule has 0 fully saturated rings. The summed E-state index contributed by atoms with van der Waals surface area (Å²) in [5, 5.41) is 0. The summed E-state index contributed by atoms with van der Waals surface area (Å²) in [5.74, 6) is 0. The van der Waals surface area contributed by atoms with E-state index < -0.39 is 110 Å². The normalized spacial score (nSPS) is 15.3. The second kappa shape index (κ2) is 21.2. The Morgan fingerprint density at radius 2 is 0.200 bits per heavy atom. The van der Waals surface area contributed by atoms with Crippen molar-refractivity contribution in [1.29, 1.82) is 0 Å². The van der Waals surface area contributed by atoms with Crippen molar-refractivity contribution in [3.8, 4) is 0 Å². The van der Waals surface area contributed by atoms with E-state index in [1.807, 2.05) is 0 Å². The van der Waals surface area contributed by atoms with Crippen molar-refractivity contribution in [2.45, 2.75) is 210 Å². The smallest absolute Gasteiger partial charge is 0.314 e. The van der Waals surface area contributed by atoms with Crippen molar-refractivity contribution in [2.24, 2.45) is 0 Å². The average Bonchev–Trinajstić information content (AvgIpc) is 2.57. The monoisotopic (exact) mass is 1000 g/mol. The standard InChI is InChI=1S/C12H36O4Si5.2C10H30O3Si4/c1-17(2,3)13-19(7,8)15-21(11,12)16-20(9,10)14-18(4,5)6;2*1-14(2,3)11-16(7,8)13-17(9,10)12-15(4,5)6/h1-12H3;2*1-10H3. The fourth-order valence-corrected chi connectivity index (χ4v) is 65.1. The molecule has 0 spiro atoms. The molecule has 55 heavy (non-hydrogen) atoms. The highest BCUT2D eigenvalue weighted by atomic mass is 28.5. The van der Waals surface area contributed by atoms with Crippen molar-refractivity contribution in [1.82, 2.24) is 0 Å². The Balaban J connectivity index is -0.000000744. The topological polar surface area (TPSA) is 92.3 Å². The van der Waals surface area contributed by atoms with Gasteiger partial charge in [0.05, 0.1) is 0 Å². The van der Waals surface area contributed by atoms with Crippen LogP contribution in [0, 0.1) is 0 Å². The van der Waals surface area contributed by atoms with E-state index in [4.69, 9.17) is 41.2 Å². The maximum Gasteiger partial charge on any atom is 0.314 e. The second-order valence-electron chi connectivity index (χ2n) is 23.5. The van der Waals surface area contributed by atoms with E-state index in [1.165, 1.54) is 0 Å². The molecule has 0 atom stereocenters. The van der Waals surface area contributed by atoms with Gasteiger partial charge in [-0.1, -0.05) is 0 Å². The van der Waals surface area contributed by atoms with Crippen molar-refractivity contribution in [2.75, 3.05) is 0 Å². The number of rotatable bonds is 20. The van der Waals surface area contributed by atoms with Crippen LogP contribution in [-0.2, 0) is 41.2 Å². The zero-order valence-corrected chi connectivity index (χ0v) is 55.6. The highest BCUT2D eigenvalue weighted by molar-refractivity contribution is 6.91. The van der Waals surface area contributed by atoms with Gasteiger partial charge in [0.15, 0.2) is 49.9 Å². The molecule has 0 amide bonds. The Labute approximate surface area is 358 Å². The van der Waals surface area contributed by atoms with Gasteiger partial charge in [0.2, 0.25) is 0 Å². The van der Waals surface area contributed by atoms with Crippen LogP contribution in [0.5, 0.6) is 0 Å². The molecule has 0 rings (SSSR count). The van der Waals surface area contributed by atoms with Gasteiger partial charge in [0, 0.05) is 0 Å². The summed E-state index contributed by atoms with van der Waals surface area (Å²) in [7, 11) is -24.1. The van der Waals surface area contributed by atoms with Crippen LogP contribution in [0.15, 0.2) is 0 Å². The third-order valence-electron chi connectivity index (χ3n) is 5.28. The van der Waals surface area contributed by atoms with Gasteiger partial charge in [-0.15, -0.1) is 0 Å². The van der Waals surface area contributed by atoms with E-state index in [1.54, 1.807) is 0 Å². The predicted octanol–water partition coefficient (Wildman–Crippen LogP) is 13.0. The summed E-state index contributed by atoms with van der Waals surface area (Å²) in [6, 6.07) is 0. The van der Waals surface area contributed by atoms with Gasteiger partial charge < -0.3 is 41.2 Å². The third kappa shape index (κ3) is 42.9. The largest absolute Gasteiger partial charge is 0.437 e. The van der Waals surface area contributed by atoms with Gasteiger partial charge in [-0.05, 0) is 210 Å². The molecule has 0 aromatic carbocycles. The summed E-state index contributed by atoms with van der Waals surface area (Å²) in [6.07, 6.45) is 0. The van der Waals surface area contributed by atoms with Crippen LogP contribution >= 0.6 is 0 Å². The minimum absolute atomic E-state index is 1.54. The molecule has 0 aromatic rings. The fourth-order valence-electron chi connectivity index (χ4n) is 6.94. The summed E-state index contributed by atoms with van der Waals surface area (Å²) >= 11 is 0. The minimum Gasteiger partial charge on any atom is -0.437 e. The Morgan fingerprint density at radius 3 is 0.273 bits per heavy atom. The summed E-state index contributed by atoms with van der Waals surface area (Å²) in [5.41, 5.74) is 0. The van der Waals surface area contributed by atoms with Crippen LogP contribution in [0.1, 0.15) is 0 Å². The molecule has 0 radical (unpaired) electrons. The van der Waals surface area contributed by atoms with Crippen molar-refractivity contribution >= 4 is 110 Å². The summed E-state index contributed by atoms with van der Waals surface area (Å²) < 4.78 is 62.7. The molecule has 0 saturated carbocycles. The molecule has 0 aliphatic rings. The Hall–Kier alpha value is 2.42. The molecule has 23 heteroatoms. The average molecular weight is 1010 g/mol. The van der Waals surface area contributed by atoms with Gasteiger partial charge in [-0.3, -0.25) is 0 Å². The first-order chi connectivity index (χ1) is 23.1. The summed E-state index contributed by atoms with van der Waals surface area (Å²) in [4.78, 5) is 0. The van der Waals surface area contributed by atoms with Gasteiger partial charge in [0.1, 0.15) is 0 Å². The lowest BCUT2D eigenvalue weighted by molar-refractivity contribution is 0.299. The maximum absolute atomic E-state index is 6.39. The van der Waals surface area contributed by atoms with Gasteiger partial charge >= 0.3 is 59.9 Å². The molecule has 0 bridgehead atoms. The van der Waals surface area contributed by atoms with Crippen LogP contribution in [-0.4, -0.2) is 110 Å². The van der Waals surface area contributed by atoms with E-state index in [2.05, 4.69) is 210 Å². The van der Waals surface area contributed by atoms with E-state index in [0.29, 0.717) is 0 Å². The van der Waals surface area contributed by atoms with Crippen molar-refractivity contribution < 1.29 is 41.2 Å². The summed E-state index contributed by atoms with van der Waals surface area (Å²) in [6.45, 7) is 69.5. The quantitative estimate of drug-likeness (QED) is 0.110. The predicted molar refractivity (Wildman–Crippen MR) is 273 cm³/mol. The highest BCUT2D eigenvalue weighted by Gasteiger charge is 2.45. The molecule has 10 nitrogen and oxygen atoms in total. The minimum atomic E-state index is -2.26. The molecular weight excluding hydrogens is 909 g/mol. The third-order valence-corrected chi connectivity index (χ3v) is 47.5. The molecule has 0 heterocycles. The van der Waals surface area contributed by atoms with Crippen LogP contribution in [0.3, 0.4) is 0 Å². The lowest BCUT2D eigenvalue weighted by atomic mass is 11.8. The van der Waals surface area contributed by atoms with Gasteiger partial charge in [-0.25, -0.2) is 0 Å². The zero-order valence-electron chi connectivity index (χ0n) is 42.6. The van der Waals surface area contributed by atoms with Crippen LogP contribution in [0.25, 0.3) is 0 Å². The molecule has 0 aromatic heterocycles. The first kappa shape index (κ1) is 61.7. The molecule has 0 aliphatic carbocycles. The fraction of sp³-hybridized carbons (Fsp3) is 1.00. The Bertz CT molecular complexity index is 990. The molecular formula is C32H96O10Si13. The lowest BCUT2D eigenvalue weighted by Crippen LogP contribution is -2.58. The Kier molecular flexibility index (Phi) is 23.8. The molecule has 0 aliphatic heterocycles. The van der Waals surface area contributed by atoms with Crippen LogP contribution in [0.2, 0.25) is 210 Å². The SMILES string of the molecule is C[Si](C)(C)O[Si](C)(C)O[Si](C)(C)O[Si](C)(C)C.C[Si](C)(C)O[Si](C)(C)O[Si](C)(C)O[Si](C)(C)C.C[Si](C)(C)O[Si](C)(C)O[Si](C)(C)O[Si](C)(C)O[Si](C)(C)C. The second-order valence-corrected chi connectivity index (χ2v) is 76.6. The molecule has 0 unspecified atom stereocenters. The lowest BCUT2D eigenvalue weighted by Gasteiger charge is -2.41. The molecule has 0 saturated heterocycles. The number of hydrogen-bond acceptors (Lipinski definition) is 10. The van der Waals surface area contributed by atoms with Gasteiger partial charge in [0.25, 0.3) is 0 Å².